The van der Waals surface area contributed by atoms with Crippen molar-refractivity contribution in [3.63, 3.8) is 0 Å². The highest BCUT2D eigenvalue weighted by Crippen LogP contribution is 2.17. The molecule has 298 valence electrons. The van der Waals surface area contributed by atoms with Crippen molar-refractivity contribution in [3.8, 4) is 0 Å². The van der Waals surface area contributed by atoms with E-state index in [9.17, 15) is 61.5 Å². The Morgan fingerprint density at radius 2 is 1.33 bits per heavy atom. The molecule has 2 amide bonds. The molecule has 0 rings (SSSR count). The SMILES string of the molecule is NC(CO)C(=O)CCCCCC(CC(=O)COCCOCCNC(=O)CCC(CC(=O)C(CS(=O)(=O)O)NC(=O)CCCC(=O)O)C(=O)O)C(=O)O. The van der Waals surface area contributed by atoms with Crippen LogP contribution in [0.4, 0.5) is 0 Å². The zero-order valence-corrected chi connectivity index (χ0v) is 29.7. The summed E-state index contributed by atoms with van der Waals surface area (Å²) in [5.74, 6) is -10.5. The van der Waals surface area contributed by atoms with Crippen molar-refractivity contribution >= 4 is 57.2 Å². The van der Waals surface area contributed by atoms with Crippen LogP contribution in [0.25, 0.3) is 0 Å². The number of carboxylic acid groups (broad SMARTS) is 3. The monoisotopic (exact) mass is 769 g/mol. The maximum absolute atomic E-state index is 12.7. The summed E-state index contributed by atoms with van der Waals surface area (Å²) < 4.78 is 42.4. The number of carbonyl (C=O) groups is 8. The van der Waals surface area contributed by atoms with Gasteiger partial charge >= 0.3 is 17.9 Å². The normalized spacial score (nSPS) is 13.7. The van der Waals surface area contributed by atoms with Crippen molar-refractivity contribution in [1.29, 1.82) is 0 Å². The van der Waals surface area contributed by atoms with E-state index in [0.717, 1.165) is 0 Å². The van der Waals surface area contributed by atoms with Gasteiger partial charge in [0.25, 0.3) is 10.1 Å². The summed E-state index contributed by atoms with van der Waals surface area (Å²) in [7, 11) is -4.78. The number of amides is 2. The Balaban J connectivity index is 4.42. The summed E-state index contributed by atoms with van der Waals surface area (Å²) in [6.45, 7) is -0.705. The van der Waals surface area contributed by atoms with Crippen molar-refractivity contribution in [3.05, 3.63) is 0 Å². The molecule has 0 aromatic rings. The van der Waals surface area contributed by atoms with Crippen molar-refractivity contribution < 1.29 is 81.2 Å². The van der Waals surface area contributed by atoms with Gasteiger partial charge in [-0.1, -0.05) is 12.8 Å². The maximum Gasteiger partial charge on any atom is 0.306 e. The Labute approximate surface area is 300 Å². The Bertz CT molecular complexity index is 1310. The number of hydrogen-bond donors (Lipinski definition) is 8. The van der Waals surface area contributed by atoms with Gasteiger partial charge in [-0.3, -0.25) is 42.9 Å². The number of ketones is 3. The van der Waals surface area contributed by atoms with Crippen LogP contribution in [0.5, 0.6) is 0 Å². The number of aliphatic carboxylic acids is 3. The van der Waals surface area contributed by atoms with Gasteiger partial charge < -0.3 is 46.3 Å². The Kier molecular flexibility index (Phi) is 24.8. The Morgan fingerprint density at radius 3 is 1.92 bits per heavy atom. The third-order valence-corrected chi connectivity index (χ3v) is 8.28. The molecular weight excluding hydrogens is 718 g/mol. The van der Waals surface area contributed by atoms with Crippen LogP contribution in [0.15, 0.2) is 0 Å². The molecule has 52 heavy (non-hydrogen) atoms. The standard InChI is InChI=1S/C31H51N3O17S/c32-23(17-35)25(37)6-3-1-2-5-20(30(43)44)15-22(36)18-51-14-13-50-12-11-33-27(39)10-9-21(31(45)46)16-26(38)24(19-52(47,48)49)34-28(40)7-4-8-29(41)42/h20-21,23-24,35H,1-19,32H2,(H,33,39)(H,34,40)(H,41,42)(H,43,44)(H,45,46)(H,47,48,49). The molecule has 0 fully saturated rings. The van der Waals surface area contributed by atoms with E-state index >= 15 is 0 Å². The van der Waals surface area contributed by atoms with Crippen LogP contribution in [0.1, 0.15) is 77.0 Å². The average molecular weight is 770 g/mol. The topological polar surface area (TPSA) is 340 Å². The molecule has 0 aliphatic rings. The third-order valence-electron chi connectivity index (χ3n) is 7.53. The first-order valence-electron chi connectivity index (χ1n) is 16.6. The van der Waals surface area contributed by atoms with Gasteiger partial charge in [-0.05, 0) is 25.7 Å². The summed E-state index contributed by atoms with van der Waals surface area (Å²) in [6.07, 6.45) is -0.568. The molecule has 0 aromatic carbocycles. The van der Waals surface area contributed by atoms with Gasteiger partial charge in [0, 0.05) is 45.1 Å². The number of nitrogens with two attached hydrogens (primary N) is 1. The van der Waals surface area contributed by atoms with Gasteiger partial charge in [0.15, 0.2) is 17.3 Å². The molecule has 0 aliphatic carbocycles. The van der Waals surface area contributed by atoms with Crippen molar-refractivity contribution in [2.45, 2.75) is 89.1 Å². The molecule has 21 heteroatoms. The van der Waals surface area contributed by atoms with Crippen molar-refractivity contribution in [1.82, 2.24) is 10.6 Å². The molecule has 0 bridgehead atoms. The second kappa shape index (κ2) is 26.8. The fourth-order valence-electron chi connectivity index (χ4n) is 4.65. The number of hydrogen-bond acceptors (Lipinski definition) is 14. The smallest absolute Gasteiger partial charge is 0.306 e. The number of Topliss-reactive ketones (excluding diaryl/α,β-unsaturated/α-hetero) is 3. The lowest BCUT2D eigenvalue weighted by Gasteiger charge is -2.19. The average Bonchev–Trinajstić information content (AvgIpc) is 3.04. The second-order valence-electron chi connectivity index (χ2n) is 12.0. The minimum atomic E-state index is -4.78. The first-order valence-corrected chi connectivity index (χ1v) is 18.2. The minimum absolute atomic E-state index is 0.00286. The number of rotatable bonds is 33. The number of carboxylic acids is 3. The first-order chi connectivity index (χ1) is 24.4. The molecule has 0 aromatic heterocycles. The second-order valence-corrected chi connectivity index (χ2v) is 13.5. The van der Waals surface area contributed by atoms with E-state index in [0.29, 0.717) is 19.3 Å². The van der Waals surface area contributed by atoms with Crippen LogP contribution in [0, 0.1) is 11.8 Å². The molecule has 9 N–H and O–H groups in total. The van der Waals surface area contributed by atoms with E-state index in [1.54, 1.807) is 0 Å². The highest BCUT2D eigenvalue weighted by atomic mass is 32.2. The summed E-state index contributed by atoms with van der Waals surface area (Å²) >= 11 is 0. The molecule has 0 aliphatic heterocycles. The predicted octanol–water partition coefficient (Wildman–Crippen LogP) is -1.30. The maximum atomic E-state index is 12.7. The molecule has 4 unspecified atom stereocenters. The van der Waals surface area contributed by atoms with Crippen molar-refractivity contribution in [2.24, 2.45) is 17.6 Å². The van der Waals surface area contributed by atoms with Crippen molar-refractivity contribution in [2.75, 3.05) is 45.3 Å². The highest BCUT2D eigenvalue weighted by Gasteiger charge is 2.31. The van der Waals surface area contributed by atoms with Crippen LogP contribution < -0.4 is 16.4 Å². The summed E-state index contributed by atoms with van der Waals surface area (Å²) in [5, 5.41) is 41.0. The summed E-state index contributed by atoms with van der Waals surface area (Å²) in [4.78, 5) is 94.5. The lowest BCUT2D eigenvalue weighted by molar-refractivity contribution is -0.145. The molecule has 4 atom stereocenters. The Hall–Kier alpha value is -3.89. The number of ether oxygens (including phenoxy) is 2. The fraction of sp³-hybridized carbons (Fsp3) is 0.742. The minimum Gasteiger partial charge on any atom is -0.481 e. The predicted molar refractivity (Wildman–Crippen MR) is 178 cm³/mol. The van der Waals surface area contributed by atoms with Gasteiger partial charge in [-0.25, -0.2) is 0 Å². The van der Waals surface area contributed by atoms with E-state index in [1.807, 2.05) is 0 Å². The van der Waals surface area contributed by atoms with Gasteiger partial charge in [0.2, 0.25) is 11.8 Å². The molecule has 0 saturated heterocycles. The molecular formula is C31H51N3O17S. The van der Waals surface area contributed by atoms with Gasteiger partial charge in [-0.15, -0.1) is 0 Å². The lowest BCUT2D eigenvalue weighted by atomic mass is 9.94. The summed E-state index contributed by atoms with van der Waals surface area (Å²) in [5.41, 5.74) is 5.44. The zero-order chi connectivity index (χ0) is 39.7. The largest absolute Gasteiger partial charge is 0.481 e. The molecule has 0 heterocycles. The lowest BCUT2D eigenvalue weighted by Crippen LogP contribution is -2.46. The number of carbonyl (C=O) groups excluding carboxylic acids is 5. The Morgan fingerprint density at radius 1 is 0.692 bits per heavy atom. The van der Waals surface area contributed by atoms with E-state index < -0.39 is 94.1 Å². The fourth-order valence-corrected chi connectivity index (χ4v) is 5.34. The molecule has 0 radical (unpaired) electrons. The van der Waals surface area contributed by atoms with E-state index in [2.05, 4.69) is 10.6 Å². The number of unbranched alkanes of at least 4 members (excludes halogenated alkanes) is 2. The van der Waals surface area contributed by atoms with Crippen LogP contribution in [-0.4, -0.2) is 138 Å². The quantitative estimate of drug-likeness (QED) is 0.0284. The van der Waals surface area contributed by atoms with Gasteiger partial charge in [0.1, 0.15) is 18.4 Å². The van der Waals surface area contributed by atoms with E-state index in [-0.39, 0.29) is 90.1 Å². The van der Waals surface area contributed by atoms with Gasteiger partial charge in [0.05, 0.1) is 44.3 Å². The molecule has 0 spiro atoms. The third kappa shape index (κ3) is 25.1. The number of nitrogens with one attached hydrogen (secondary N) is 2. The molecule has 0 saturated carbocycles. The number of aliphatic hydroxyl groups excluding tert-OH is 1. The zero-order valence-electron chi connectivity index (χ0n) is 28.9. The van der Waals surface area contributed by atoms with Crippen LogP contribution in [0.2, 0.25) is 0 Å². The van der Waals surface area contributed by atoms with Crippen LogP contribution in [0.3, 0.4) is 0 Å². The molecule has 20 nitrogen and oxygen atoms in total. The number of aliphatic hydroxyl groups is 1. The first kappa shape index (κ1) is 48.1. The van der Waals surface area contributed by atoms with Crippen LogP contribution >= 0.6 is 0 Å². The van der Waals surface area contributed by atoms with E-state index in [4.69, 9.17) is 25.4 Å². The summed E-state index contributed by atoms with van der Waals surface area (Å²) in [6, 6.07) is -2.73. The highest BCUT2D eigenvalue weighted by molar-refractivity contribution is 7.85. The van der Waals surface area contributed by atoms with Crippen LogP contribution in [-0.2, 0) is 57.9 Å². The van der Waals surface area contributed by atoms with E-state index in [1.165, 1.54) is 0 Å². The van der Waals surface area contributed by atoms with Gasteiger partial charge in [-0.2, -0.15) is 8.42 Å².